The Kier molecular flexibility index (Phi) is 5.76. The maximum atomic E-state index is 11.8. The molecule has 1 aromatic heterocycles. The van der Waals surface area contributed by atoms with Crippen molar-refractivity contribution >= 4 is 29.1 Å². The van der Waals surface area contributed by atoms with Crippen LogP contribution in [0, 0.1) is 6.92 Å². The van der Waals surface area contributed by atoms with Gasteiger partial charge in [0.05, 0.1) is 18.4 Å². The lowest BCUT2D eigenvalue weighted by atomic mass is 10.2. The first kappa shape index (κ1) is 17.0. The molecular weight excluding hydrogens is 316 g/mol. The van der Waals surface area contributed by atoms with Crippen LogP contribution in [0.3, 0.4) is 0 Å². The van der Waals surface area contributed by atoms with E-state index in [0.29, 0.717) is 34.5 Å². The molecule has 2 rings (SSSR count). The van der Waals surface area contributed by atoms with E-state index in [9.17, 15) is 4.79 Å². The second-order valence-electron chi connectivity index (χ2n) is 4.98. The Bertz CT molecular complexity index is 689. The molecule has 1 heterocycles. The topological polar surface area (TPSA) is 76.1 Å². The number of carbonyl (C=O) groups is 1. The Morgan fingerprint density at radius 3 is 2.61 bits per heavy atom. The van der Waals surface area contributed by atoms with Gasteiger partial charge in [-0.2, -0.15) is 0 Å². The molecule has 23 heavy (non-hydrogen) atoms. The van der Waals surface area contributed by atoms with Gasteiger partial charge in [0.2, 0.25) is 5.95 Å². The summed E-state index contributed by atoms with van der Waals surface area (Å²) in [5.41, 5.74) is 2.03. The highest BCUT2D eigenvalue weighted by Gasteiger charge is 2.10. The molecule has 0 saturated carbocycles. The fourth-order valence-corrected chi connectivity index (χ4v) is 2.05. The van der Waals surface area contributed by atoms with Crippen LogP contribution in [-0.2, 0) is 0 Å². The number of nitrogens with one attached hydrogen (secondary N) is 2. The number of carbonyl (C=O) groups excluding carboxylic acids is 1. The Morgan fingerprint density at radius 2 is 2.00 bits per heavy atom. The number of nitrogens with zero attached hydrogens (tertiary/aromatic N) is 2. The zero-order chi connectivity index (χ0) is 16.8. The van der Waals surface area contributed by atoms with Crippen molar-refractivity contribution in [2.45, 2.75) is 20.3 Å². The van der Waals surface area contributed by atoms with E-state index in [0.717, 1.165) is 12.0 Å². The molecule has 0 saturated heterocycles. The molecule has 0 aliphatic heterocycles. The lowest BCUT2D eigenvalue weighted by Crippen LogP contribution is -2.24. The SMILES string of the molecule is CCCNC(=O)c1cnc(Nc2cc(C)c(Cl)cc2OC)nc1. The van der Waals surface area contributed by atoms with Gasteiger partial charge in [-0.25, -0.2) is 9.97 Å². The van der Waals surface area contributed by atoms with Crippen molar-refractivity contribution in [3.8, 4) is 5.75 Å². The van der Waals surface area contributed by atoms with Crippen molar-refractivity contribution in [2.24, 2.45) is 0 Å². The molecule has 0 radical (unpaired) electrons. The standard InChI is InChI=1S/C16H19ClN4O2/c1-4-5-18-15(22)11-8-19-16(20-9-11)21-13-6-10(2)12(17)7-14(13)23-3/h6-9H,4-5H2,1-3H3,(H,18,22)(H,19,20,21). The van der Waals surface area contributed by atoms with Crippen molar-refractivity contribution in [3.05, 3.63) is 40.7 Å². The molecule has 122 valence electrons. The summed E-state index contributed by atoms with van der Waals surface area (Å²) >= 11 is 6.08. The molecule has 1 aromatic carbocycles. The zero-order valence-corrected chi connectivity index (χ0v) is 14.1. The van der Waals surface area contributed by atoms with Gasteiger partial charge in [-0.3, -0.25) is 4.79 Å². The third kappa shape index (κ3) is 4.32. The predicted molar refractivity (Wildman–Crippen MR) is 90.7 cm³/mol. The lowest BCUT2D eigenvalue weighted by Gasteiger charge is -2.12. The predicted octanol–water partition coefficient (Wildman–Crippen LogP) is 3.33. The van der Waals surface area contributed by atoms with Gasteiger partial charge in [0, 0.05) is 30.0 Å². The van der Waals surface area contributed by atoms with E-state index in [2.05, 4.69) is 20.6 Å². The van der Waals surface area contributed by atoms with Crippen molar-refractivity contribution in [2.75, 3.05) is 19.0 Å². The van der Waals surface area contributed by atoms with Crippen LogP contribution in [0.15, 0.2) is 24.5 Å². The van der Waals surface area contributed by atoms with Crippen LogP contribution in [0.25, 0.3) is 0 Å². The number of rotatable bonds is 6. The highest BCUT2D eigenvalue weighted by molar-refractivity contribution is 6.31. The Labute approximate surface area is 140 Å². The van der Waals surface area contributed by atoms with E-state index >= 15 is 0 Å². The van der Waals surface area contributed by atoms with Gasteiger partial charge >= 0.3 is 0 Å². The Hall–Kier alpha value is -2.34. The number of methoxy groups -OCH3 is 1. The van der Waals surface area contributed by atoms with Crippen molar-refractivity contribution < 1.29 is 9.53 Å². The molecule has 0 atom stereocenters. The minimum Gasteiger partial charge on any atom is -0.495 e. The van der Waals surface area contributed by atoms with Gasteiger partial charge in [0.25, 0.3) is 5.91 Å². The fourth-order valence-electron chi connectivity index (χ4n) is 1.90. The van der Waals surface area contributed by atoms with Crippen LogP contribution in [0.4, 0.5) is 11.6 Å². The number of hydrogen-bond acceptors (Lipinski definition) is 5. The van der Waals surface area contributed by atoms with Crippen molar-refractivity contribution in [1.82, 2.24) is 15.3 Å². The van der Waals surface area contributed by atoms with E-state index in [1.54, 1.807) is 13.2 Å². The first-order valence-electron chi connectivity index (χ1n) is 7.26. The normalized spacial score (nSPS) is 10.3. The largest absolute Gasteiger partial charge is 0.495 e. The van der Waals surface area contributed by atoms with Gasteiger partial charge in [0.15, 0.2) is 0 Å². The minimum absolute atomic E-state index is 0.182. The molecule has 0 unspecified atom stereocenters. The number of hydrogen-bond donors (Lipinski definition) is 2. The highest BCUT2D eigenvalue weighted by Crippen LogP contribution is 2.32. The maximum absolute atomic E-state index is 11.8. The first-order chi connectivity index (χ1) is 11.0. The van der Waals surface area contributed by atoms with Crippen molar-refractivity contribution in [1.29, 1.82) is 0 Å². The molecule has 0 fully saturated rings. The summed E-state index contributed by atoms with van der Waals surface area (Å²) in [5.74, 6) is 0.782. The second-order valence-corrected chi connectivity index (χ2v) is 5.39. The van der Waals surface area contributed by atoms with Gasteiger partial charge in [-0.05, 0) is 25.0 Å². The number of ether oxygens (including phenoxy) is 1. The molecule has 0 aliphatic rings. The molecule has 0 bridgehead atoms. The number of halogens is 1. The zero-order valence-electron chi connectivity index (χ0n) is 13.3. The molecule has 2 aromatic rings. The third-order valence-electron chi connectivity index (χ3n) is 3.18. The van der Waals surface area contributed by atoms with Crippen LogP contribution in [-0.4, -0.2) is 29.5 Å². The molecule has 2 N–H and O–H groups in total. The van der Waals surface area contributed by atoms with Crippen LogP contribution in [0.2, 0.25) is 5.02 Å². The number of aryl methyl sites for hydroxylation is 1. The molecule has 0 aliphatic carbocycles. The Balaban J connectivity index is 2.15. The average molecular weight is 335 g/mol. The maximum Gasteiger partial charge on any atom is 0.254 e. The van der Waals surface area contributed by atoms with Gasteiger partial charge in [-0.15, -0.1) is 0 Å². The number of anilines is 2. The van der Waals surface area contributed by atoms with E-state index in [-0.39, 0.29) is 5.91 Å². The van der Waals surface area contributed by atoms with Crippen LogP contribution >= 0.6 is 11.6 Å². The number of amides is 1. The number of benzene rings is 1. The molecule has 7 heteroatoms. The summed E-state index contributed by atoms with van der Waals surface area (Å²) in [6, 6.07) is 3.58. The van der Waals surface area contributed by atoms with Gasteiger partial charge < -0.3 is 15.4 Å². The van der Waals surface area contributed by atoms with Crippen LogP contribution in [0.5, 0.6) is 5.75 Å². The van der Waals surface area contributed by atoms with E-state index < -0.39 is 0 Å². The quantitative estimate of drug-likeness (QED) is 0.847. The van der Waals surface area contributed by atoms with Crippen molar-refractivity contribution in [3.63, 3.8) is 0 Å². The van der Waals surface area contributed by atoms with Crippen LogP contribution in [0.1, 0.15) is 29.3 Å². The van der Waals surface area contributed by atoms with Crippen LogP contribution < -0.4 is 15.4 Å². The summed E-state index contributed by atoms with van der Waals surface area (Å²) in [5, 5.41) is 6.46. The van der Waals surface area contributed by atoms with E-state index in [4.69, 9.17) is 16.3 Å². The van der Waals surface area contributed by atoms with E-state index in [1.165, 1.54) is 12.4 Å². The smallest absolute Gasteiger partial charge is 0.254 e. The number of aromatic nitrogens is 2. The third-order valence-corrected chi connectivity index (χ3v) is 3.58. The summed E-state index contributed by atoms with van der Waals surface area (Å²) in [4.78, 5) is 20.1. The Morgan fingerprint density at radius 1 is 1.30 bits per heavy atom. The fraction of sp³-hybridized carbons (Fsp3) is 0.312. The summed E-state index contributed by atoms with van der Waals surface area (Å²) in [6.45, 7) is 4.51. The first-order valence-corrected chi connectivity index (χ1v) is 7.64. The molecule has 6 nitrogen and oxygen atoms in total. The summed E-state index contributed by atoms with van der Waals surface area (Å²) < 4.78 is 5.29. The second kappa shape index (κ2) is 7.78. The molecular formula is C16H19ClN4O2. The minimum atomic E-state index is -0.182. The monoisotopic (exact) mass is 334 g/mol. The molecule has 1 amide bonds. The van der Waals surface area contributed by atoms with E-state index in [1.807, 2.05) is 19.9 Å². The van der Waals surface area contributed by atoms with Gasteiger partial charge in [-0.1, -0.05) is 18.5 Å². The molecule has 0 spiro atoms. The summed E-state index contributed by atoms with van der Waals surface area (Å²) in [7, 11) is 1.56. The average Bonchev–Trinajstić information content (AvgIpc) is 2.56. The van der Waals surface area contributed by atoms with Gasteiger partial charge in [0.1, 0.15) is 5.75 Å². The lowest BCUT2D eigenvalue weighted by molar-refractivity contribution is 0.0953. The highest BCUT2D eigenvalue weighted by atomic mass is 35.5. The summed E-state index contributed by atoms with van der Waals surface area (Å²) in [6.07, 6.45) is 3.84.